The number of benzene rings is 2. The second-order valence-electron chi connectivity index (χ2n) is 5.49. The number of hydrogen-bond donors (Lipinski definition) is 1. The van der Waals surface area contributed by atoms with Crippen LogP contribution in [0.3, 0.4) is 0 Å². The van der Waals surface area contributed by atoms with Gasteiger partial charge in [-0.3, -0.25) is 4.31 Å². The van der Waals surface area contributed by atoms with Gasteiger partial charge in [-0.1, -0.05) is 73.5 Å². The lowest BCUT2D eigenvalue weighted by Crippen LogP contribution is -2.24. The molecule has 1 atom stereocenters. The minimum atomic E-state index is 0.00556. The number of thiol groups is 1. The average molecular weight is 320 g/mol. The van der Waals surface area contributed by atoms with Crippen molar-refractivity contribution in [2.75, 3.05) is 4.31 Å². The molecule has 1 unspecified atom stereocenters. The van der Waals surface area contributed by atoms with Crippen LogP contribution >= 0.6 is 12.8 Å². The molecule has 23 heavy (non-hydrogen) atoms. The molecule has 0 amide bonds. The molecule has 0 saturated carbocycles. The highest BCUT2D eigenvalue weighted by molar-refractivity contribution is 7.82. The molecule has 0 fully saturated rings. The van der Waals surface area contributed by atoms with E-state index in [9.17, 15) is 0 Å². The number of rotatable bonds is 2. The van der Waals surface area contributed by atoms with Crippen molar-refractivity contribution in [3.05, 3.63) is 83.7 Å². The summed E-state index contributed by atoms with van der Waals surface area (Å²) in [5, 5.41) is 4.56. The summed E-state index contributed by atoms with van der Waals surface area (Å²) in [5.41, 5.74) is 3.30. The summed E-state index contributed by atoms with van der Waals surface area (Å²) in [4.78, 5) is 4.54. The second kappa shape index (κ2) is 5.59. The van der Waals surface area contributed by atoms with Crippen molar-refractivity contribution < 1.29 is 0 Å². The molecule has 3 aromatic rings. The lowest BCUT2D eigenvalue weighted by molar-refractivity contribution is 0.602. The predicted molar refractivity (Wildman–Crippen MR) is 95.2 cm³/mol. The first-order valence-corrected chi connectivity index (χ1v) is 7.88. The van der Waals surface area contributed by atoms with Crippen LogP contribution in [0.1, 0.15) is 23.0 Å². The number of allylic oxidation sites excluding steroid dienone is 1. The van der Waals surface area contributed by atoms with Crippen molar-refractivity contribution in [2.45, 2.75) is 13.0 Å². The molecule has 0 N–H and O–H groups in total. The van der Waals surface area contributed by atoms with Gasteiger partial charge in [0.1, 0.15) is 11.9 Å². The minimum absolute atomic E-state index is 0.00556. The van der Waals surface area contributed by atoms with Crippen molar-refractivity contribution >= 4 is 24.5 Å². The van der Waals surface area contributed by atoms with Gasteiger partial charge >= 0.3 is 0 Å². The van der Waals surface area contributed by atoms with E-state index in [0.717, 1.165) is 23.0 Å². The maximum absolute atomic E-state index is 4.65. The molecular weight excluding hydrogens is 304 g/mol. The van der Waals surface area contributed by atoms with Gasteiger partial charge in [0, 0.05) is 0 Å². The summed E-state index contributed by atoms with van der Waals surface area (Å²) >= 11 is 4.65. The van der Waals surface area contributed by atoms with Crippen LogP contribution in [-0.2, 0) is 0 Å². The third-order valence-electron chi connectivity index (χ3n) is 3.93. The zero-order chi connectivity index (χ0) is 15.8. The Balaban J connectivity index is 1.90. The maximum atomic E-state index is 4.65. The molecule has 0 aliphatic carbocycles. The summed E-state index contributed by atoms with van der Waals surface area (Å²) in [6.07, 6.45) is 2.18. The van der Waals surface area contributed by atoms with E-state index in [1.807, 2.05) is 48.0 Å². The minimum Gasteiger partial charge on any atom is -0.255 e. The molecule has 1 aliphatic rings. The molecule has 2 heterocycles. The van der Waals surface area contributed by atoms with Crippen LogP contribution in [0, 0.1) is 6.92 Å². The third kappa shape index (κ3) is 2.43. The van der Waals surface area contributed by atoms with Crippen molar-refractivity contribution in [1.82, 2.24) is 14.8 Å². The van der Waals surface area contributed by atoms with Crippen LogP contribution in [0.25, 0.3) is 5.70 Å². The van der Waals surface area contributed by atoms with Gasteiger partial charge < -0.3 is 0 Å². The summed E-state index contributed by atoms with van der Waals surface area (Å²) in [6, 6.07) is 20.6. The van der Waals surface area contributed by atoms with Gasteiger partial charge in [0.05, 0.1) is 5.70 Å². The van der Waals surface area contributed by atoms with Gasteiger partial charge in [0.15, 0.2) is 0 Å². The zero-order valence-electron chi connectivity index (χ0n) is 12.7. The largest absolute Gasteiger partial charge is 0.255 e. The Hall–Kier alpha value is -2.53. The molecule has 0 radical (unpaired) electrons. The fraction of sp³-hybridized carbons (Fsp3) is 0.111. The Labute approximate surface area is 140 Å². The van der Waals surface area contributed by atoms with Crippen LogP contribution in [-0.4, -0.2) is 14.8 Å². The van der Waals surface area contributed by atoms with E-state index in [1.54, 1.807) is 4.31 Å². The second-order valence-corrected chi connectivity index (χ2v) is 5.89. The fourth-order valence-corrected chi connectivity index (χ4v) is 3.18. The fourth-order valence-electron chi connectivity index (χ4n) is 2.86. The van der Waals surface area contributed by atoms with Gasteiger partial charge in [-0.15, -0.1) is 0 Å². The summed E-state index contributed by atoms with van der Waals surface area (Å²) in [7, 11) is 0. The molecule has 5 heteroatoms. The molecule has 0 spiro atoms. The zero-order valence-corrected chi connectivity index (χ0v) is 13.6. The molecule has 4 rings (SSSR count). The molecule has 0 bridgehead atoms. The number of nitrogens with zero attached hydrogens (tertiary/aromatic N) is 4. The van der Waals surface area contributed by atoms with Gasteiger partial charge in [0.25, 0.3) is 0 Å². The molecule has 2 aromatic carbocycles. The molecular formula is C18H16N4S. The van der Waals surface area contributed by atoms with Crippen molar-refractivity contribution in [1.29, 1.82) is 0 Å². The first-order chi connectivity index (χ1) is 11.2. The van der Waals surface area contributed by atoms with E-state index in [0.29, 0.717) is 0 Å². The van der Waals surface area contributed by atoms with Crippen LogP contribution in [0.4, 0.5) is 5.95 Å². The first kappa shape index (κ1) is 14.1. The topological polar surface area (TPSA) is 34.0 Å². The summed E-state index contributed by atoms with van der Waals surface area (Å²) in [6.45, 7) is 1.90. The van der Waals surface area contributed by atoms with Crippen LogP contribution in [0.2, 0.25) is 0 Å². The van der Waals surface area contributed by atoms with E-state index in [-0.39, 0.29) is 6.04 Å². The predicted octanol–water partition coefficient (Wildman–Crippen LogP) is 3.88. The van der Waals surface area contributed by atoms with Crippen molar-refractivity contribution in [3.63, 3.8) is 0 Å². The van der Waals surface area contributed by atoms with Crippen LogP contribution in [0.5, 0.6) is 0 Å². The first-order valence-electron chi connectivity index (χ1n) is 7.48. The quantitative estimate of drug-likeness (QED) is 0.728. The van der Waals surface area contributed by atoms with E-state index in [1.165, 1.54) is 5.56 Å². The molecule has 4 nitrogen and oxygen atoms in total. The Kier molecular flexibility index (Phi) is 3.42. The summed E-state index contributed by atoms with van der Waals surface area (Å²) in [5.74, 6) is 1.48. The smallest absolute Gasteiger partial charge is 0.239 e. The van der Waals surface area contributed by atoms with Crippen molar-refractivity contribution in [2.24, 2.45) is 0 Å². The third-order valence-corrected chi connectivity index (χ3v) is 4.32. The molecule has 0 saturated heterocycles. The molecule has 1 aliphatic heterocycles. The maximum Gasteiger partial charge on any atom is 0.239 e. The lowest BCUT2D eigenvalue weighted by Gasteiger charge is -2.29. The standard InChI is InChI=1S/C18H16N4S/c1-13-19-18-21(20-13)16(14-8-4-2-5-9-14)12-17(22(18)23)15-10-6-3-7-11-15/h2-12,16,23H,1H3. The Morgan fingerprint density at radius 1 is 0.957 bits per heavy atom. The van der Waals surface area contributed by atoms with E-state index >= 15 is 0 Å². The van der Waals surface area contributed by atoms with Gasteiger partial charge in [-0.2, -0.15) is 10.1 Å². The lowest BCUT2D eigenvalue weighted by atomic mass is 10.0. The van der Waals surface area contributed by atoms with Crippen LogP contribution < -0.4 is 4.31 Å². The average Bonchev–Trinajstić information content (AvgIpc) is 2.99. The van der Waals surface area contributed by atoms with Crippen molar-refractivity contribution in [3.8, 4) is 0 Å². The number of aryl methyl sites for hydroxylation is 1. The number of aromatic nitrogens is 3. The monoisotopic (exact) mass is 320 g/mol. The van der Waals surface area contributed by atoms with E-state index in [4.69, 9.17) is 0 Å². The Morgan fingerprint density at radius 3 is 2.30 bits per heavy atom. The van der Waals surface area contributed by atoms with Crippen LogP contribution in [0.15, 0.2) is 66.7 Å². The highest BCUT2D eigenvalue weighted by Gasteiger charge is 2.28. The normalized spacial score (nSPS) is 16.9. The van der Waals surface area contributed by atoms with E-state index < -0.39 is 0 Å². The highest BCUT2D eigenvalue weighted by Crippen LogP contribution is 2.37. The number of hydrogen-bond acceptors (Lipinski definition) is 4. The SMILES string of the molecule is Cc1nc2n(n1)C(c1ccccc1)C=C(c1ccccc1)N2S. The van der Waals surface area contributed by atoms with E-state index in [2.05, 4.69) is 53.2 Å². The number of anilines is 1. The molecule has 1 aromatic heterocycles. The Morgan fingerprint density at radius 2 is 1.61 bits per heavy atom. The number of fused-ring (bicyclic) bond motifs is 1. The van der Waals surface area contributed by atoms with Gasteiger partial charge in [0.2, 0.25) is 5.95 Å². The van der Waals surface area contributed by atoms with Gasteiger partial charge in [-0.25, -0.2) is 4.68 Å². The Bertz CT molecular complexity index is 855. The summed E-state index contributed by atoms with van der Waals surface area (Å²) < 4.78 is 3.72. The molecule has 114 valence electrons. The van der Waals surface area contributed by atoms with Gasteiger partial charge in [-0.05, 0) is 24.1 Å². The highest BCUT2D eigenvalue weighted by atomic mass is 32.1.